The van der Waals surface area contributed by atoms with Gasteiger partial charge in [0, 0.05) is 50.4 Å². The molecule has 5 aromatic rings. The number of aromatic nitrogens is 2. The van der Waals surface area contributed by atoms with Crippen molar-refractivity contribution in [2.24, 2.45) is 7.05 Å². The van der Waals surface area contributed by atoms with Crippen LogP contribution in [0.1, 0.15) is 79.7 Å². The van der Waals surface area contributed by atoms with Gasteiger partial charge in [0.15, 0.2) is 17.2 Å². The summed E-state index contributed by atoms with van der Waals surface area (Å²) in [5.41, 5.74) is 3.14. The zero-order chi connectivity index (χ0) is 46.8. The molecule has 2 saturated heterocycles. The number of aryl methyl sites for hydroxylation is 2. The first-order valence-corrected chi connectivity index (χ1v) is 23.7. The number of carbonyl (C=O) groups is 5. The van der Waals surface area contributed by atoms with Crippen molar-refractivity contribution in [3.8, 4) is 16.2 Å². The molecule has 0 saturated carbocycles. The smallest absolute Gasteiger partial charge is 0.352 e. The first-order chi connectivity index (χ1) is 30.8. The summed E-state index contributed by atoms with van der Waals surface area (Å²) in [6.07, 6.45) is 1.90. The number of imidazole rings is 1. The lowest BCUT2D eigenvalue weighted by atomic mass is 10.1. The Morgan fingerprint density at radius 2 is 1.66 bits per heavy atom. The van der Waals surface area contributed by atoms with Crippen LogP contribution in [0.3, 0.4) is 0 Å². The molecule has 20 heteroatoms. The molecule has 2 aliphatic rings. The fraction of sp³-hybridized carbons (Fsp3) is 0.378. The van der Waals surface area contributed by atoms with Crippen molar-refractivity contribution >= 4 is 85.0 Å². The Hall–Kier alpha value is -6.02. The van der Waals surface area contributed by atoms with Gasteiger partial charge in [-0.15, -0.1) is 11.3 Å². The third-order valence-electron chi connectivity index (χ3n) is 11.0. The minimum absolute atomic E-state index is 0.0468. The lowest BCUT2D eigenvalue weighted by Gasteiger charge is -2.32. The minimum atomic E-state index is -3.71. The van der Waals surface area contributed by atoms with Crippen LogP contribution in [-0.4, -0.2) is 88.0 Å². The molecule has 4 N–H and O–H groups in total. The summed E-state index contributed by atoms with van der Waals surface area (Å²) in [6, 6.07) is 18.6. The Balaban J connectivity index is 0.926. The topological polar surface area (TPSA) is 224 Å². The van der Waals surface area contributed by atoms with Crippen LogP contribution in [0.4, 0.5) is 11.4 Å². The molecular formula is C45H49ClN6O11S2. The van der Waals surface area contributed by atoms with E-state index in [9.17, 15) is 42.3 Å². The summed E-state index contributed by atoms with van der Waals surface area (Å²) in [5, 5.41) is 17.9. The van der Waals surface area contributed by atoms with Gasteiger partial charge in [-0.25, -0.2) is 27.1 Å². The molecule has 3 amide bonds. The van der Waals surface area contributed by atoms with Gasteiger partial charge in [0.25, 0.3) is 0 Å². The summed E-state index contributed by atoms with van der Waals surface area (Å²) in [4.78, 5) is 75.3. The fourth-order valence-electron chi connectivity index (χ4n) is 7.88. The van der Waals surface area contributed by atoms with E-state index < -0.39 is 46.1 Å². The quantitative estimate of drug-likeness (QED) is 0.0691. The summed E-state index contributed by atoms with van der Waals surface area (Å²) in [5.74, 6) is -3.40. The largest absolute Gasteiger partial charge is 0.479 e. The van der Waals surface area contributed by atoms with Crippen LogP contribution in [0.5, 0.6) is 5.75 Å². The Labute approximate surface area is 383 Å². The van der Waals surface area contributed by atoms with Crippen molar-refractivity contribution < 1.29 is 47.0 Å². The third-order valence-corrected chi connectivity index (χ3v) is 14.5. The number of hydrogen-bond donors (Lipinski definition) is 4. The van der Waals surface area contributed by atoms with Crippen LogP contribution in [0.25, 0.3) is 21.5 Å². The number of imide groups is 1. The number of carboxylic acids is 1. The van der Waals surface area contributed by atoms with E-state index in [0.29, 0.717) is 52.0 Å². The molecule has 2 aliphatic heterocycles. The average Bonchev–Trinajstić information content (AvgIpc) is 3.70. The van der Waals surface area contributed by atoms with E-state index in [4.69, 9.17) is 21.1 Å². The number of carboxylic acid groups (broad SMARTS) is 1. The second kappa shape index (κ2) is 19.2. The third kappa shape index (κ3) is 11.1. The normalized spacial score (nSPS) is 16.3. The molecule has 1 atom stereocenters. The van der Waals surface area contributed by atoms with Crippen LogP contribution in [0, 0.1) is 0 Å². The summed E-state index contributed by atoms with van der Waals surface area (Å²) in [7, 11) is -2.10. The number of carbonyl (C=O) groups excluding carboxylic acids is 4. The number of esters is 1. The molecule has 0 aliphatic carbocycles. The Morgan fingerprint density at radius 3 is 2.37 bits per heavy atom. The van der Waals surface area contributed by atoms with E-state index in [2.05, 4.69) is 16.0 Å². The number of halogens is 1. The first kappa shape index (κ1) is 47.0. The Bertz CT molecular complexity index is 2860. The van der Waals surface area contributed by atoms with Crippen LogP contribution in [-0.2, 0) is 53.2 Å². The highest BCUT2D eigenvalue weighted by atomic mass is 35.5. The summed E-state index contributed by atoms with van der Waals surface area (Å²) >= 11 is 7.73. The number of benzene rings is 3. The summed E-state index contributed by atoms with van der Waals surface area (Å²) < 4.78 is 42.5. The van der Waals surface area contributed by atoms with Gasteiger partial charge in [-0.2, -0.15) is 0 Å². The number of hydrogen-bond acceptors (Lipinski definition) is 12. The number of sulfonamides is 1. The zero-order valence-corrected chi connectivity index (χ0v) is 38.5. The fourth-order valence-corrected chi connectivity index (χ4v) is 10.9. The predicted octanol–water partition coefficient (Wildman–Crippen LogP) is 6.10. The number of amides is 3. The van der Waals surface area contributed by atoms with Gasteiger partial charge < -0.3 is 25.2 Å². The molecule has 3 aromatic carbocycles. The molecule has 1 unspecified atom stereocenters. The van der Waals surface area contributed by atoms with Gasteiger partial charge in [0.05, 0.1) is 21.7 Å². The molecule has 344 valence electrons. The molecule has 2 aromatic heterocycles. The molecule has 17 nitrogen and oxygen atoms in total. The number of ether oxygens (including phenoxy) is 2. The summed E-state index contributed by atoms with van der Waals surface area (Å²) in [6.45, 7) is 5.02. The molecule has 0 bridgehead atoms. The second-order valence-electron chi connectivity index (χ2n) is 17.0. The highest BCUT2D eigenvalue weighted by Gasteiger charge is 2.33. The van der Waals surface area contributed by atoms with E-state index in [1.54, 1.807) is 70.3 Å². The molecule has 7 rings (SSSR count). The maximum absolute atomic E-state index is 13.6. The van der Waals surface area contributed by atoms with Crippen molar-refractivity contribution in [2.45, 2.75) is 82.7 Å². The highest BCUT2D eigenvalue weighted by Crippen LogP contribution is 2.46. The van der Waals surface area contributed by atoms with E-state index in [1.165, 1.54) is 13.4 Å². The van der Waals surface area contributed by atoms with E-state index in [-0.39, 0.29) is 77.3 Å². The maximum atomic E-state index is 13.6. The number of anilines is 2. The number of aliphatic carboxylic acids is 1. The first-order valence-electron chi connectivity index (χ1n) is 20.9. The second-order valence-corrected chi connectivity index (χ2v) is 20.4. The molecule has 0 radical (unpaired) electrons. The molecular weight excluding hydrogens is 900 g/mol. The number of piperidine rings is 2. The van der Waals surface area contributed by atoms with Gasteiger partial charge in [0.1, 0.15) is 16.7 Å². The van der Waals surface area contributed by atoms with Crippen LogP contribution >= 0.6 is 22.9 Å². The lowest BCUT2D eigenvalue weighted by Crippen LogP contribution is -2.44. The van der Waals surface area contributed by atoms with Crippen LogP contribution in [0.2, 0.25) is 5.02 Å². The Kier molecular flexibility index (Phi) is 13.9. The van der Waals surface area contributed by atoms with Crippen molar-refractivity contribution in [3.63, 3.8) is 0 Å². The minimum Gasteiger partial charge on any atom is -0.479 e. The van der Waals surface area contributed by atoms with Crippen molar-refractivity contribution in [1.29, 1.82) is 0 Å². The monoisotopic (exact) mass is 948 g/mol. The predicted molar refractivity (Wildman–Crippen MR) is 246 cm³/mol. The van der Waals surface area contributed by atoms with E-state index in [1.807, 2.05) is 24.3 Å². The molecule has 4 heterocycles. The van der Waals surface area contributed by atoms with Gasteiger partial charge in [-0.1, -0.05) is 41.9 Å². The Morgan fingerprint density at radius 1 is 0.938 bits per heavy atom. The lowest BCUT2D eigenvalue weighted by molar-refractivity contribution is -0.139. The zero-order valence-electron chi connectivity index (χ0n) is 36.1. The number of nitrogens with zero attached hydrogens (tertiary/aromatic N) is 3. The molecule has 0 spiro atoms. The van der Waals surface area contributed by atoms with Gasteiger partial charge in [-0.3, -0.25) is 28.8 Å². The van der Waals surface area contributed by atoms with E-state index in [0.717, 1.165) is 22.6 Å². The van der Waals surface area contributed by atoms with Crippen LogP contribution < -0.4 is 26.4 Å². The van der Waals surface area contributed by atoms with Crippen LogP contribution in [0.15, 0.2) is 71.5 Å². The average molecular weight is 950 g/mol. The number of nitrogens with one attached hydrogen (secondary N) is 3. The molecule has 65 heavy (non-hydrogen) atoms. The van der Waals surface area contributed by atoms with Gasteiger partial charge in [0.2, 0.25) is 27.7 Å². The SMILES string of the molecule is Cn1c(=O)n(C2CCC(=O)NC2=O)c2ccc(CCC(=O)Nc3cccc(CS(=O)(=O)N4CCC(Nc5cccc(-c6sc(C(=O)OC(C)(C)C)c(OCC(=O)O)c6Cl)c5)CC4)c3)cc21. The van der Waals surface area contributed by atoms with Gasteiger partial charge >= 0.3 is 17.6 Å². The number of rotatable bonds is 15. The number of fused-ring (bicyclic) bond motifs is 1. The molecule has 2 fully saturated rings. The van der Waals surface area contributed by atoms with Crippen molar-refractivity contribution in [2.75, 3.05) is 30.3 Å². The van der Waals surface area contributed by atoms with Crippen molar-refractivity contribution in [1.82, 2.24) is 18.8 Å². The van der Waals surface area contributed by atoms with E-state index >= 15 is 0 Å². The van der Waals surface area contributed by atoms with Gasteiger partial charge in [-0.05, 0) is 99.5 Å². The number of thiophene rings is 1. The highest BCUT2D eigenvalue weighted by molar-refractivity contribution is 7.88. The standard InChI is InChI=1S/C45H49ClN6O11S2/c1-45(2,3)63-43(58)41-39(62-24-37(55)56)38(46)40(64-41)28-8-6-10-31(23-28)47-29-17-19-51(20-18-29)65(60,61)25-27-7-5-9-30(21-27)48-35(53)15-12-26-11-13-32-34(22-26)50(4)44(59)52(32)33-14-16-36(54)49-42(33)57/h5-11,13,21-23,29,33,47H,12,14-20,24-25H2,1-4H3,(H,48,53)(H,55,56)(H,49,54,57). The maximum Gasteiger partial charge on any atom is 0.352 e. The van der Waals surface area contributed by atoms with Crippen molar-refractivity contribution in [3.05, 3.63) is 98.2 Å².